The molecule has 0 saturated carbocycles. The van der Waals surface area contributed by atoms with Gasteiger partial charge in [0.15, 0.2) is 0 Å². The fourth-order valence-corrected chi connectivity index (χ4v) is 3.20. The highest BCUT2D eigenvalue weighted by molar-refractivity contribution is 5.83. The largest absolute Gasteiger partial charge is 0.402 e. The highest BCUT2D eigenvalue weighted by atomic mass is 14.6. The Kier molecular flexibility index (Phi) is 1.72. The van der Waals surface area contributed by atoms with E-state index in [1.54, 1.807) is 0 Å². The maximum absolute atomic E-state index is 6.15. The van der Waals surface area contributed by atoms with Gasteiger partial charge in [0.2, 0.25) is 0 Å². The minimum absolute atomic E-state index is 0.294. The Morgan fingerprint density at radius 1 is 1.00 bits per heavy atom. The van der Waals surface area contributed by atoms with E-state index in [-0.39, 0.29) is 0 Å². The van der Waals surface area contributed by atoms with Crippen LogP contribution in [0, 0.1) is 0 Å². The molecule has 1 unspecified atom stereocenters. The Hall–Kier alpha value is -2.22. The average Bonchev–Trinajstić information content (AvgIpc) is 2.40. The van der Waals surface area contributed by atoms with Gasteiger partial charge in [-0.15, -0.1) is 0 Å². The zero-order valence-corrected chi connectivity index (χ0v) is 9.98. The van der Waals surface area contributed by atoms with Gasteiger partial charge in [0.1, 0.15) is 0 Å². The minimum atomic E-state index is 0.294. The van der Waals surface area contributed by atoms with Crippen LogP contribution in [-0.4, -0.2) is 0 Å². The van der Waals surface area contributed by atoms with Crippen molar-refractivity contribution in [1.29, 1.82) is 0 Å². The maximum Gasteiger partial charge on any atom is 0.0391 e. The molecule has 1 aromatic carbocycles. The number of anilines is 1. The molecule has 0 amide bonds. The minimum Gasteiger partial charge on any atom is -0.402 e. The second-order valence-electron chi connectivity index (χ2n) is 5.06. The average molecular weight is 234 g/mol. The summed E-state index contributed by atoms with van der Waals surface area (Å²) in [6.45, 7) is 0. The number of allylic oxidation sites excluding steroid dienone is 5. The fraction of sp³-hybridized carbons (Fsp3) is 0.125. The monoisotopic (exact) mass is 234 g/mol. The third-order valence-corrected chi connectivity index (χ3v) is 4.10. The second kappa shape index (κ2) is 3.16. The van der Waals surface area contributed by atoms with Crippen LogP contribution in [0.5, 0.6) is 0 Å². The number of rotatable bonds is 0. The lowest BCUT2D eigenvalue weighted by Gasteiger charge is -2.34. The van der Waals surface area contributed by atoms with Crippen LogP contribution in [-0.2, 0) is 0 Å². The van der Waals surface area contributed by atoms with E-state index in [0.29, 0.717) is 5.92 Å². The second-order valence-corrected chi connectivity index (χ2v) is 5.06. The van der Waals surface area contributed by atoms with E-state index in [9.17, 15) is 0 Å². The van der Waals surface area contributed by atoms with Crippen LogP contribution in [0.4, 0.5) is 5.69 Å². The van der Waals surface area contributed by atoms with E-state index in [2.05, 4.69) is 36.4 Å². The first-order chi connectivity index (χ1) is 8.75. The summed E-state index contributed by atoms with van der Waals surface area (Å²) in [5.74, 6) is 0.294. The first-order valence-electron chi connectivity index (χ1n) is 6.23. The Bertz CT molecular complexity index is 687. The van der Waals surface area contributed by atoms with Crippen LogP contribution >= 0.6 is 0 Å². The van der Waals surface area contributed by atoms with E-state index >= 15 is 0 Å². The van der Waals surface area contributed by atoms with Crippen molar-refractivity contribution < 1.29 is 0 Å². The van der Waals surface area contributed by atoms with Gasteiger partial charge < -0.3 is 11.5 Å². The number of benzene rings is 1. The van der Waals surface area contributed by atoms with Crippen LogP contribution in [0.15, 0.2) is 47.2 Å². The highest BCUT2D eigenvalue weighted by Crippen LogP contribution is 2.48. The molecule has 3 aliphatic carbocycles. The van der Waals surface area contributed by atoms with Crippen molar-refractivity contribution in [2.45, 2.75) is 12.3 Å². The summed E-state index contributed by atoms with van der Waals surface area (Å²) >= 11 is 0. The Balaban J connectivity index is 2.11. The summed E-state index contributed by atoms with van der Waals surface area (Å²) < 4.78 is 0. The van der Waals surface area contributed by atoms with E-state index in [4.69, 9.17) is 11.5 Å². The van der Waals surface area contributed by atoms with Crippen LogP contribution in [0.3, 0.4) is 0 Å². The number of hydrogen-bond donors (Lipinski definition) is 2. The van der Waals surface area contributed by atoms with Gasteiger partial charge in [-0.3, -0.25) is 0 Å². The summed E-state index contributed by atoms with van der Waals surface area (Å²) in [6, 6.07) is 4.08. The topological polar surface area (TPSA) is 52.0 Å². The van der Waals surface area contributed by atoms with Crippen molar-refractivity contribution in [2.24, 2.45) is 5.73 Å². The molecular weight excluding hydrogens is 220 g/mol. The number of nitrogen functional groups attached to an aromatic ring is 1. The first kappa shape index (κ1) is 9.77. The third kappa shape index (κ3) is 1.07. The molecular formula is C16H14N2. The van der Waals surface area contributed by atoms with Crippen LogP contribution in [0.2, 0.25) is 0 Å². The zero-order valence-electron chi connectivity index (χ0n) is 9.98. The molecule has 4 N–H and O–H groups in total. The Labute approximate surface area is 106 Å². The molecule has 2 nitrogen and oxygen atoms in total. The van der Waals surface area contributed by atoms with Crippen LogP contribution in [0.25, 0.3) is 12.2 Å². The molecule has 18 heavy (non-hydrogen) atoms. The van der Waals surface area contributed by atoms with Gasteiger partial charge in [0.25, 0.3) is 0 Å². The summed E-state index contributed by atoms with van der Waals surface area (Å²) in [7, 11) is 0. The Morgan fingerprint density at radius 2 is 1.89 bits per heavy atom. The van der Waals surface area contributed by atoms with Crippen LogP contribution in [0.1, 0.15) is 29.0 Å². The molecule has 3 aliphatic rings. The lowest BCUT2D eigenvalue weighted by Crippen LogP contribution is -2.20. The SMILES string of the molecule is NC1=C2C=Cc3ccc(N)c4c3C2C(=CC1)C=C4. The molecule has 4 rings (SSSR count). The molecule has 1 aromatic rings. The van der Waals surface area contributed by atoms with E-state index in [1.807, 2.05) is 6.07 Å². The third-order valence-electron chi connectivity index (χ3n) is 4.10. The number of nitrogens with two attached hydrogens (primary N) is 2. The quantitative estimate of drug-likeness (QED) is 0.678. The predicted octanol–water partition coefficient (Wildman–Crippen LogP) is 2.95. The van der Waals surface area contributed by atoms with Crippen molar-refractivity contribution in [1.82, 2.24) is 0 Å². The predicted molar refractivity (Wildman–Crippen MR) is 75.6 cm³/mol. The summed E-state index contributed by atoms with van der Waals surface area (Å²) in [5.41, 5.74) is 20.4. The molecule has 0 aromatic heterocycles. The van der Waals surface area contributed by atoms with Gasteiger partial charge in [-0.1, -0.05) is 36.4 Å². The van der Waals surface area contributed by atoms with Crippen molar-refractivity contribution in [3.05, 3.63) is 63.9 Å². The van der Waals surface area contributed by atoms with Crippen LogP contribution < -0.4 is 11.5 Å². The molecule has 0 saturated heterocycles. The smallest absolute Gasteiger partial charge is 0.0391 e. The summed E-state index contributed by atoms with van der Waals surface area (Å²) in [5, 5.41) is 0. The van der Waals surface area contributed by atoms with Gasteiger partial charge in [-0.05, 0) is 28.3 Å². The first-order valence-corrected chi connectivity index (χ1v) is 6.23. The Morgan fingerprint density at radius 3 is 2.78 bits per heavy atom. The molecule has 88 valence electrons. The van der Waals surface area contributed by atoms with Gasteiger partial charge in [-0.25, -0.2) is 0 Å². The van der Waals surface area contributed by atoms with Gasteiger partial charge >= 0.3 is 0 Å². The lowest BCUT2D eigenvalue weighted by molar-refractivity contribution is 0.876. The molecule has 0 fully saturated rings. The van der Waals surface area contributed by atoms with E-state index in [1.165, 1.54) is 22.3 Å². The molecule has 0 heterocycles. The highest BCUT2D eigenvalue weighted by Gasteiger charge is 2.32. The molecule has 0 radical (unpaired) electrons. The normalized spacial score (nSPS) is 22.9. The summed E-state index contributed by atoms with van der Waals surface area (Å²) in [4.78, 5) is 0. The molecule has 0 aliphatic heterocycles. The standard InChI is InChI=1S/C16H14N2/c17-13-8-4-10-2-6-12-14(18)7-3-9-1-5-11(13)16(10)15(9)12/h1-7,16H,8,17-18H2. The zero-order chi connectivity index (χ0) is 12.3. The van der Waals surface area contributed by atoms with Gasteiger partial charge in [-0.2, -0.15) is 0 Å². The van der Waals surface area contributed by atoms with E-state index < -0.39 is 0 Å². The van der Waals surface area contributed by atoms with Crippen molar-refractivity contribution >= 4 is 17.8 Å². The molecule has 1 atom stereocenters. The van der Waals surface area contributed by atoms with Gasteiger partial charge in [0, 0.05) is 29.3 Å². The molecule has 2 heteroatoms. The number of hydrogen-bond acceptors (Lipinski definition) is 2. The maximum atomic E-state index is 6.15. The summed E-state index contributed by atoms with van der Waals surface area (Å²) in [6.07, 6.45) is 11.7. The van der Waals surface area contributed by atoms with Crippen molar-refractivity contribution in [3.8, 4) is 0 Å². The van der Waals surface area contributed by atoms with Gasteiger partial charge in [0.05, 0.1) is 0 Å². The fourth-order valence-electron chi connectivity index (χ4n) is 3.20. The van der Waals surface area contributed by atoms with E-state index in [0.717, 1.165) is 23.4 Å². The van der Waals surface area contributed by atoms with Crippen molar-refractivity contribution in [2.75, 3.05) is 5.73 Å². The van der Waals surface area contributed by atoms with Crippen molar-refractivity contribution in [3.63, 3.8) is 0 Å². The molecule has 0 spiro atoms. The lowest BCUT2D eigenvalue weighted by atomic mass is 9.70. The molecule has 0 bridgehead atoms.